The third-order valence-electron chi connectivity index (χ3n) is 2.57. The Bertz CT molecular complexity index is 526. The molecule has 0 aliphatic rings. The van der Waals surface area contributed by atoms with Crippen molar-refractivity contribution in [3.63, 3.8) is 0 Å². The Hall–Kier alpha value is -1.14. The van der Waals surface area contributed by atoms with Crippen molar-refractivity contribution in [2.75, 3.05) is 25.1 Å². The molecule has 18 heavy (non-hydrogen) atoms. The summed E-state index contributed by atoms with van der Waals surface area (Å²) >= 11 is 3.41. The molecule has 0 spiro atoms. The Morgan fingerprint density at radius 3 is 3.00 bits per heavy atom. The minimum Gasteiger partial charge on any atom is -0.377 e. The number of rotatable bonds is 5. The van der Waals surface area contributed by atoms with Crippen LogP contribution in [0.3, 0.4) is 0 Å². The summed E-state index contributed by atoms with van der Waals surface area (Å²) in [6.45, 7) is 5.52. The van der Waals surface area contributed by atoms with E-state index in [0.717, 1.165) is 22.6 Å². The highest BCUT2D eigenvalue weighted by atomic mass is 79.9. The highest BCUT2D eigenvalue weighted by Gasteiger charge is 2.11. The van der Waals surface area contributed by atoms with Gasteiger partial charge in [-0.05, 0) is 29.8 Å². The van der Waals surface area contributed by atoms with Crippen LogP contribution in [0, 0.1) is 0 Å². The second-order valence-corrected chi connectivity index (χ2v) is 5.20. The summed E-state index contributed by atoms with van der Waals surface area (Å²) in [5, 5.41) is 0. The third-order valence-corrected chi connectivity index (χ3v) is 2.95. The maximum atomic E-state index is 5.55. The first-order valence-electron chi connectivity index (χ1n) is 5.90. The van der Waals surface area contributed by atoms with E-state index >= 15 is 0 Å². The Balaban J connectivity index is 2.16. The zero-order chi connectivity index (χ0) is 13.1. The maximum Gasteiger partial charge on any atom is 0.180 e. The van der Waals surface area contributed by atoms with E-state index in [9.17, 15) is 0 Å². The number of nitrogens with zero attached hydrogens (tertiary/aromatic N) is 4. The van der Waals surface area contributed by atoms with Gasteiger partial charge in [-0.1, -0.05) is 0 Å². The molecule has 98 valence electrons. The first-order chi connectivity index (χ1) is 8.58. The molecule has 0 aliphatic carbocycles. The highest BCUT2D eigenvalue weighted by molar-refractivity contribution is 9.10. The van der Waals surface area contributed by atoms with Crippen molar-refractivity contribution in [3.05, 3.63) is 23.2 Å². The molecule has 2 rings (SSSR count). The van der Waals surface area contributed by atoms with Gasteiger partial charge in [0.2, 0.25) is 0 Å². The summed E-state index contributed by atoms with van der Waals surface area (Å²) in [5.74, 6) is 0.849. The number of imidazole rings is 1. The van der Waals surface area contributed by atoms with E-state index < -0.39 is 0 Å². The molecule has 6 heteroatoms. The van der Waals surface area contributed by atoms with E-state index in [4.69, 9.17) is 4.74 Å². The average Bonchev–Trinajstić information content (AvgIpc) is 2.74. The number of ether oxygens (including phenoxy) is 1. The monoisotopic (exact) mass is 312 g/mol. The van der Waals surface area contributed by atoms with Gasteiger partial charge in [-0.2, -0.15) is 0 Å². The van der Waals surface area contributed by atoms with Crippen molar-refractivity contribution in [2.24, 2.45) is 0 Å². The number of hydrogen-bond donors (Lipinski definition) is 0. The van der Waals surface area contributed by atoms with Crippen LogP contribution in [0.4, 0.5) is 5.82 Å². The normalized spacial score (nSPS) is 11.4. The quantitative estimate of drug-likeness (QED) is 0.850. The molecule has 0 amide bonds. The lowest BCUT2D eigenvalue weighted by Gasteiger charge is -2.19. The molecule has 0 atom stereocenters. The van der Waals surface area contributed by atoms with Crippen molar-refractivity contribution in [1.29, 1.82) is 0 Å². The molecule has 2 aromatic rings. The fraction of sp³-hybridized carbons (Fsp3) is 0.500. The molecule has 0 aromatic carbocycles. The molecular weight excluding hydrogens is 296 g/mol. The molecule has 0 unspecified atom stereocenters. The van der Waals surface area contributed by atoms with Gasteiger partial charge in [-0.25, -0.2) is 9.97 Å². The summed E-state index contributed by atoms with van der Waals surface area (Å²) < 4.78 is 8.29. The predicted molar refractivity (Wildman–Crippen MR) is 75.0 cm³/mol. The van der Waals surface area contributed by atoms with Crippen LogP contribution in [0.1, 0.15) is 13.8 Å². The number of fused-ring (bicyclic) bond motifs is 1. The number of aromatic nitrogens is 3. The molecule has 2 heterocycles. The van der Waals surface area contributed by atoms with Gasteiger partial charge >= 0.3 is 0 Å². The lowest BCUT2D eigenvalue weighted by Crippen LogP contribution is -2.25. The van der Waals surface area contributed by atoms with Crippen molar-refractivity contribution < 1.29 is 4.74 Å². The first kappa shape index (κ1) is 13.3. The summed E-state index contributed by atoms with van der Waals surface area (Å²) in [5.41, 5.74) is 0.852. The van der Waals surface area contributed by atoms with Gasteiger partial charge < -0.3 is 14.0 Å². The minimum absolute atomic E-state index is 0.250. The van der Waals surface area contributed by atoms with Gasteiger partial charge in [-0.3, -0.25) is 0 Å². The lowest BCUT2D eigenvalue weighted by atomic mass is 10.4. The summed E-state index contributed by atoms with van der Waals surface area (Å²) in [6.07, 6.45) is 5.82. The van der Waals surface area contributed by atoms with Crippen molar-refractivity contribution >= 4 is 27.4 Å². The molecule has 5 nitrogen and oxygen atoms in total. The van der Waals surface area contributed by atoms with Gasteiger partial charge in [-0.15, -0.1) is 0 Å². The van der Waals surface area contributed by atoms with Crippen LogP contribution < -0.4 is 4.90 Å². The Morgan fingerprint density at radius 1 is 1.50 bits per heavy atom. The lowest BCUT2D eigenvalue weighted by molar-refractivity contribution is 0.0845. The zero-order valence-corrected chi connectivity index (χ0v) is 12.4. The molecule has 0 fully saturated rings. The van der Waals surface area contributed by atoms with E-state index in [1.807, 2.05) is 37.7 Å². The van der Waals surface area contributed by atoms with Crippen LogP contribution in [0.5, 0.6) is 0 Å². The summed E-state index contributed by atoms with van der Waals surface area (Å²) in [4.78, 5) is 10.8. The topological polar surface area (TPSA) is 42.7 Å². The maximum absolute atomic E-state index is 5.55. The van der Waals surface area contributed by atoms with E-state index in [1.54, 1.807) is 6.20 Å². The number of halogens is 1. The van der Waals surface area contributed by atoms with Gasteiger partial charge in [0.05, 0.1) is 12.7 Å². The van der Waals surface area contributed by atoms with Crippen LogP contribution in [-0.4, -0.2) is 40.7 Å². The van der Waals surface area contributed by atoms with Crippen molar-refractivity contribution in [3.8, 4) is 0 Å². The fourth-order valence-electron chi connectivity index (χ4n) is 1.67. The van der Waals surface area contributed by atoms with Crippen molar-refractivity contribution in [1.82, 2.24) is 14.4 Å². The van der Waals surface area contributed by atoms with E-state index in [0.29, 0.717) is 6.61 Å². The van der Waals surface area contributed by atoms with Crippen LogP contribution in [0.15, 0.2) is 23.2 Å². The first-order valence-corrected chi connectivity index (χ1v) is 6.69. The molecule has 0 saturated carbocycles. The fourth-order valence-corrected chi connectivity index (χ4v) is 2.06. The van der Waals surface area contributed by atoms with Gasteiger partial charge in [0, 0.05) is 32.2 Å². The zero-order valence-electron chi connectivity index (χ0n) is 10.8. The highest BCUT2D eigenvalue weighted by Crippen LogP contribution is 2.19. The minimum atomic E-state index is 0.250. The van der Waals surface area contributed by atoms with E-state index in [2.05, 4.69) is 30.8 Å². The second kappa shape index (κ2) is 5.67. The largest absolute Gasteiger partial charge is 0.377 e. The van der Waals surface area contributed by atoms with E-state index in [-0.39, 0.29) is 6.10 Å². The second-order valence-electron chi connectivity index (χ2n) is 4.39. The summed E-state index contributed by atoms with van der Waals surface area (Å²) in [6, 6.07) is 0. The van der Waals surface area contributed by atoms with Crippen LogP contribution in [0.25, 0.3) is 5.65 Å². The molecule has 0 N–H and O–H groups in total. The average molecular weight is 313 g/mol. The Labute approximate surface area is 115 Å². The van der Waals surface area contributed by atoms with Crippen LogP contribution >= 0.6 is 15.9 Å². The SMILES string of the molecule is CC(C)OCCN(C)c1nc(Br)cn2ccnc12. The molecule has 0 radical (unpaired) electrons. The molecule has 0 saturated heterocycles. The van der Waals surface area contributed by atoms with Crippen LogP contribution in [0.2, 0.25) is 0 Å². The van der Waals surface area contributed by atoms with Crippen molar-refractivity contribution in [2.45, 2.75) is 20.0 Å². The number of anilines is 1. The Kier molecular flexibility index (Phi) is 4.19. The van der Waals surface area contributed by atoms with Gasteiger partial charge in [0.1, 0.15) is 4.60 Å². The third kappa shape index (κ3) is 3.00. The molecule has 2 aromatic heterocycles. The molecular formula is C12H17BrN4O. The number of hydrogen-bond acceptors (Lipinski definition) is 4. The van der Waals surface area contributed by atoms with Gasteiger partial charge in [0.25, 0.3) is 0 Å². The predicted octanol–water partition coefficient (Wildman–Crippen LogP) is 2.35. The summed E-state index contributed by atoms with van der Waals surface area (Å²) in [7, 11) is 1.99. The smallest absolute Gasteiger partial charge is 0.180 e. The number of likely N-dealkylation sites (N-methyl/N-ethyl adjacent to an activating group) is 1. The standard InChI is InChI=1S/C12H17BrN4O/c1-9(2)18-7-6-16(3)12-11-14-4-5-17(11)8-10(13)15-12/h4-5,8-9H,6-7H2,1-3H3. The van der Waals surface area contributed by atoms with Gasteiger partial charge in [0.15, 0.2) is 11.5 Å². The Morgan fingerprint density at radius 2 is 2.28 bits per heavy atom. The van der Waals surface area contributed by atoms with E-state index in [1.165, 1.54) is 0 Å². The molecule has 0 aliphatic heterocycles. The van der Waals surface area contributed by atoms with Crippen LogP contribution in [-0.2, 0) is 4.74 Å². The molecule has 0 bridgehead atoms.